The second-order valence-corrected chi connectivity index (χ2v) is 9.34. The van der Waals surface area contributed by atoms with Crippen LogP contribution >= 0.6 is 11.3 Å². The number of sulfone groups is 1. The zero-order valence-electron chi connectivity index (χ0n) is 14.6. The zero-order valence-corrected chi connectivity index (χ0v) is 16.2. The van der Waals surface area contributed by atoms with Crippen molar-refractivity contribution in [3.05, 3.63) is 57.9 Å². The van der Waals surface area contributed by atoms with Crippen LogP contribution in [0.2, 0.25) is 0 Å². The molecule has 0 amide bonds. The first-order chi connectivity index (χ1) is 12.9. The van der Waals surface area contributed by atoms with Crippen molar-refractivity contribution < 1.29 is 12.8 Å². The molecule has 6 nitrogen and oxygen atoms in total. The Bertz CT molecular complexity index is 1080. The highest BCUT2D eigenvalue weighted by atomic mass is 32.2. The average molecular weight is 404 g/mol. The van der Waals surface area contributed by atoms with Gasteiger partial charge in [-0.05, 0) is 24.3 Å². The van der Waals surface area contributed by atoms with Crippen LogP contribution in [0.5, 0.6) is 0 Å². The Hall–Kier alpha value is -2.23. The van der Waals surface area contributed by atoms with Crippen molar-refractivity contribution in [2.75, 3.05) is 12.8 Å². The Labute approximate surface area is 160 Å². The number of benzene rings is 1. The van der Waals surface area contributed by atoms with E-state index in [1.807, 2.05) is 5.38 Å². The summed E-state index contributed by atoms with van der Waals surface area (Å²) in [7, 11) is -3.39. The molecule has 4 rings (SSSR count). The van der Waals surface area contributed by atoms with E-state index in [-0.39, 0.29) is 11.0 Å². The number of rotatable bonds is 4. The van der Waals surface area contributed by atoms with Crippen molar-refractivity contribution in [1.29, 1.82) is 0 Å². The fourth-order valence-corrected chi connectivity index (χ4v) is 4.36. The lowest BCUT2D eigenvalue weighted by atomic mass is 10.1. The molecule has 0 bridgehead atoms. The zero-order chi connectivity index (χ0) is 19.0. The molecule has 2 aromatic heterocycles. The van der Waals surface area contributed by atoms with Gasteiger partial charge >= 0.3 is 0 Å². The van der Waals surface area contributed by atoms with Gasteiger partial charge in [0.15, 0.2) is 0 Å². The van der Waals surface area contributed by atoms with Crippen LogP contribution in [0.3, 0.4) is 0 Å². The number of thiazole rings is 1. The first-order valence-electron chi connectivity index (χ1n) is 8.36. The normalized spacial score (nSPS) is 14.9. The average Bonchev–Trinajstić information content (AvgIpc) is 3.09. The Morgan fingerprint density at radius 2 is 2.00 bits per heavy atom. The largest absolute Gasteiger partial charge is 0.292 e. The maximum absolute atomic E-state index is 13.1. The van der Waals surface area contributed by atoms with Gasteiger partial charge in [0.25, 0.3) is 0 Å². The molecule has 0 N–H and O–H groups in total. The Morgan fingerprint density at radius 1 is 1.22 bits per heavy atom. The third kappa shape index (κ3) is 4.05. The minimum Gasteiger partial charge on any atom is -0.292 e. The molecular weight excluding hydrogens is 387 g/mol. The maximum atomic E-state index is 13.1. The van der Waals surface area contributed by atoms with Gasteiger partial charge in [0, 0.05) is 48.5 Å². The molecule has 0 fully saturated rings. The van der Waals surface area contributed by atoms with Crippen LogP contribution in [-0.2, 0) is 29.3 Å². The molecular formula is C18H17FN4O2S2. The SMILES string of the molecule is CS(=O)(=O)c1ncc2c(n1)CCN(Cc1nc(-c3ccc(F)cc3)cs1)C2. The number of aromatic nitrogens is 3. The van der Waals surface area contributed by atoms with Crippen LogP contribution in [0.1, 0.15) is 16.3 Å². The van der Waals surface area contributed by atoms with Crippen LogP contribution in [0.25, 0.3) is 11.3 Å². The summed E-state index contributed by atoms with van der Waals surface area (Å²) in [5.41, 5.74) is 3.48. The lowest BCUT2D eigenvalue weighted by molar-refractivity contribution is 0.242. The standard InChI is InChI=1S/C18H17FN4O2S2/c1-27(24,25)18-20-8-13-9-23(7-6-15(13)22-18)10-17-21-16(11-26-17)12-2-4-14(19)5-3-12/h2-5,8,11H,6-7,9-10H2,1H3. The number of hydrogen-bond donors (Lipinski definition) is 0. The van der Waals surface area contributed by atoms with Crippen LogP contribution in [-0.4, -0.2) is 41.1 Å². The van der Waals surface area contributed by atoms with Crippen molar-refractivity contribution in [3.8, 4) is 11.3 Å². The Balaban J connectivity index is 1.47. The molecule has 1 aliphatic heterocycles. The quantitative estimate of drug-likeness (QED) is 0.623. The van der Waals surface area contributed by atoms with E-state index in [4.69, 9.17) is 0 Å². The van der Waals surface area contributed by atoms with Gasteiger partial charge in [-0.3, -0.25) is 4.90 Å². The smallest absolute Gasteiger partial charge is 0.246 e. The minimum atomic E-state index is -3.39. The summed E-state index contributed by atoms with van der Waals surface area (Å²) < 4.78 is 36.3. The molecule has 9 heteroatoms. The molecule has 0 unspecified atom stereocenters. The van der Waals surface area contributed by atoms with Gasteiger partial charge in [0.2, 0.25) is 15.0 Å². The van der Waals surface area contributed by atoms with E-state index >= 15 is 0 Å². The van der Waals surface area contributed by atoms with Crippen molar-refractivity contribution in [3.63, 3.8) is 0 Å². The topological polar surface area (TPSA) is 76.1 Å². The predicted molar refractivity (Wildman–Crippen MR) is 100 cm³/mol. The third-order valence-electron chi connectivity index (χ3n) is 4.37. The van der Waals surface area contributed by atoms with Gasteiger partial charge in [-0.2, -0.15) is 0 Å². The molecule has 0 aliphatic carbocycles. The van der Waals surface area contributed by atoms with Crippen LogP contribution in [0.15, 0.2) is 41.0 Å². The number of fused-ring (bicyclic) bond motifs is 1. The van der Waals surface area contributed by atoms with Crippen molar-refractivity contribution in [1.82, 2.24) is 19.9 Å². The van der Waals surface area contributed by atoms with Crippen molar-refractivity contribution in [2.45, 2.75) is 24.7 Å². The van der Waals surface area contributed by atoms with Gasteiger partial charge in [0.05, 0.1) is 17.9 Å². The molecule has 0 atom stereocenters. The fraction of sp³-hybridized carbons (Fsp3) is 0.278. The summed E-state index contributed by atoms with van der Waals surface area (Å²) in [6.45, 7) is 2.13. The van der Waals surface area contributed by atoms with Gasteiger partial charge in [-0.1, -0.05) is 0 Å². The van der Waals surface area contributed by atoms with E-state index in [0.29, 0.717) is 19.5 Å². The van der Waals surface area contributed by atoms with E-state index in [9.17, 15) is 12.8 Å². The molecule has 0 radical (unpaired) electrons. The highest BCUT2D eigenvalue weighted by Gasteiger charge is 2.21. The van der Waals surface area contributed by atoms with Gasteiger partial charge in [-0.15, -0.1) is 11.3 Å². The van der Waals surface area contributed by atoms with Crippen LogP contribution in [0.4, 0.5) is 4.39 Å². The molecule has 1 aliphatic rings. The summed E-state index contributed by atoms with van der Waals surface area (Å²) in [5.74, 6) is -0.262. The fourth-order valence-electron chi connectivity index (χ4n) is 3.00. The van der Waals surface area contributed by atoms with Gasteiger partial charge < -0.3 is 0 Å². The number of nitrogens with zero attached hydrogens (tertiary/aromatic N) is 4. The van der Waals surface area contributed by atoms with Gasteiger partial charge in [0.1, 0.15) is 10.8 Å². The number of hydrogen-bond acceptors (Lipinski definition) is 7. The Morgan fingerprint density at radius 3 is 2.74 bits per heavy atom. The van der Waals surface area contributed by atoms with Crippen LogP contribution < -0.4 is 0 Å². The molecule has 0 spiro atoms. The number of halogens is 1. The van der Waals surface area contributed by atoms with E-state index in [0.717, 1.165) is 40.3 Å². The summed E-state index contributed by atoms with van der Waals surface area (Å²) in [6, 6.07) is 6.31. The van der Waals surface area contributed by atoms with E-state index in [1.165, 1.54) is 12.1 Å². The summed E-state index contributed by atoms with van der Waals surface area (Å²) in [6.07, 6.45) is 3.40. The molecule has 3 aromatic rings. The molecule has 0 saturated carbocycles. The van der Waals surface area contributed by atoms with E-state index < -0.39 is 9.84 Å². The van der Waals surface area contributed by atoms with E-state index in [1.54, 1.807) is 29.7 Å². The summed E-state index contributed by atoms with van der Waals surface area (Å²) in [5, 5.41) is 2.84. The van der Waals surface area contributed by atoms with Crippen molar-refractivity contribution >= 4 is 21.2 Å². The highest BCUT2D eigenvalue weighted by molar-refractivity contribution is 7.90. The van der Waals surface area contributed by atoms with Crippen molar-refractivity contribution in [2.24, 2.45) is 0 Å². The maximum Gasteiger partial charge on any atom is 0.246 e. The van der Waals surface area contributed by atoms with Gasteiger partial charge in [-0.25, -0.2) is 27.8 Å². The molecule has 27 heavy (non-hydrogen) atoms. The Kier molecular flexibility index (Phi) is 4.75. The lowest BCUT2D eigenvalue weighted by Gasteiger charge is -2.27. The minimum absolute atomic E-state index is 0.112. The van der Waals surface area contributed by atoms with Crippen LogP contribution in [0, 0.1) is 5.82 Å². The summed E-state index contributed by atoms with van der Waals surface area (Å²) >= 11 is 1.57. The first-order valence-corrected chi connectivity index (χ1v) is 11.1. The second-order valence-electron chi connectivity index (χ2n) is 6.49. The molecule has 140 valence electrons. The third-order valence-corrected chi connectivity index (χ3v) is 6.07. The molecule has 3 heterocycles. The lowest BCUT2D eigenvalue weighted by Crippen LogP contribution is -2.31. The summed E-state index contributed by atoms with van der Waals surface area (Å²) in [4.78, 5) is 15.1. The second kappa shape index (κ2) is 7.06. The molecule has 1 aromatic carbocycles. The monoisotopic (exact) mass is 404 g/mol. The first kappa shape index (κ1) is 18.1. The predicted octanol–water partition coefficient (Wildman–Crippen LogP) is 2.70. The molecule has 0 saturated heterocycles. The van der Waals surface area contributed by atoms with E-state index in [2.05, 4.69) is 19.9 Å². The highest BCUT2D eigenvalue weighted by Crippen LogP contribution is 2.25.